The maximum Gasteiger partial charge on any atom is 0.227 e. The maximum absolute atomic E-state index is 12.3. The molecule has 20 heavy (non-hydrogen) atoms. The minimum Gasteiger partial charge on any atom is -0.495 e. The van der Waals surface area contributed by atoms with E-state index in [4.69, 9.17) is 9.47 Å². The van der Waals surface area contributed by atoms with Gasteiger partial charge in [-0.3, -0.25) is 4.79 Å². The lowest BCUT2D eigenvalue weighted by Gasteiger charge is -2.27. The summed E-state index contributed by atoms with van der Waals surface area (Å²) in [7, 11) is 3.35. The number of anilines is 1. The first-order chi connectivity index (χ1) is 9.63. The number of rotatable bonds is 4. The van der Waals surface area contributed by atoms with E-state index in [1.165, 1.54) is 0 Å². The second kappa shape index (κ2) is 6.75. The molecule has 1 aliphatic rings. The van der Waals surface area contributed by atoms with Crippen molar-refractivity contribution in [1.82, 2.24) is 0 Å². The van der Waals surface area contributed by atoms with Crippen molar-refractivity contribution in [3.63, 3.8) is 0 Å². The third kappa shape index (κ3) is 3.51. The molecule has 1 aromatic rings. The molecule has 0 heterocycles. The van der Waals surface area contributed by atoms with Crippen LogP contribution in [0.4, 0.5) is 5.69 Å². The van der Waals surface area contributed by atoms with Crippen LogP contribution in [-0.2, 0) is 9.53 Å². The van der Waals surface area contributed by atoms with Crippen LogP contribution < -0.4 is 10.1 Å². The topological polar surface area (TPSA) is 47.6 Å². The van der Waals surface area contributed by atoms with Crippen molar-refractivity contribution >= 4 is 11.6 Å². The molecule has 1 amide bonds. The van der Waals surface area contributed by atoms with Crippen LogP contribution in [0.2, 0.25) is 0 Å². The average Bonchev–Trinajstić information content (AvgIpc) is 2.47. The molecule has 0 bridgehead atoms. The quantitative estimate of drug-likeness (QED) is 0.919. The molecule has 4 nitrogen and oxygen atoms in total. The zero-order chi connectivity index (χ0) is 14.5. The van der Waals surface area contributed by atoms with Crippen molar-refractivity contribution < 1.29 is 14.3 Å². The van der Waals surface area contributed by atoms with Gasteiger partial charge in [0.1, 0.15) is 5.75 Å². The molecular formula is C16H23NO3. The van der Waals surface area contributed by atoms with Gasteiger partial charge in [0.2, 0.25) is 5.91 Å². The lowest BCUT2D eigenvalue weighted by molar-refractivity contribution is -0.121. The van der Waals surface area contributed by atoms with E-state index in [0.29, 0.717) is 11.9 Å². The van der Waals surface area contributed by atoms with Gasteiger partial charge in [-0.05, 0) is 50.3 Å². The standard InChI is InChI=1S/C16H23NO3/c1-11-4-9-15(20-3)14(10-11)17-16(18)12-5-7-13(19-2)8-6-12/h4,9-10,12-13H,5-8H2,1-3H3,(H,17,18). The average molecular weight is 277 g/mol. The number of nitrogens with one attached hydrogen (secondary N) is 1. The number of hydrogen-bond donors (Lipinski definition) is 1. The summed E-state index contributed by atoms with van der Waals surface area (Å²) < 4.78 is 10.6. The normalized spacial score (nSPS) is 22.4. The molecule has 0 aliphatic heterocycles. The predicted octanol–water partition coefficient (Wildman–Crippen LogP) is 3.15. The van der Waals surface area contributed by atoms with E-state index < -0.39 is 0 Å². The molecule has 4 heteroatoms. The van der Waals surface area contributed by atoms with Crippen molar-refractivity contribution in [2.45, 2.75) is 38.7 Å². The van der Waals surface area contributed by atoms with Crippen molar-refractivity contribution in [1.29, 1.82) is 0 Å². The summed E-state index contributed by atoms with van der Waals surface area (Å²) in [6.07, 6.45) is 4.00. The molecular weight excluding hydrogens is 254 g/mol. The molecule has 110 valence electrons. The summed E-state index contributed by atoms with van der Waals surface area (Å²) in [5, 5.41) is 3.00. The highest BCUT2D eigenvalue weighted by molar-refractivity contribution is 5.94. The summed E-state index contributed by atoms with van der Waals surface area (Å²) in [6, 6.07) is 5.79. The first-order valence-corrected chi connectivity index (χ1v) is 7.12. The Morgan fingerprint density at radius 3 is 2.50 bits per heavy atom. The van der Waals surface area contributed by atoms with E-state index in [1.54, 1.807) is 14.2 Å². The van der Waals surface area contributed by atoms with Gasteiger partial charge in [-0.1, -0.05) is 6.07 Å². The Hall–Kier alpha value is -1.55. The van der Waals surface area contributed by atoms with Gasteiger partial charge in [-0.25, -0.2) is 0 Å². The second-order valence-corrected chi connectivity index (χ2v) is 5.40. The van der Waals surface area contributed by atoms with E-state index in [9.17, 15) is 4.79 Å². The van der Waals surface area contributed by atoms with E-state index >= 15 is 0 Å². The maximum atomic E-state index is 12.3. The first-order valence-electron chi connectivity index (χ1n) is 7.12. The van der Waals surface area contributed by atoms with Crippen LogP contribution in [0.1, 0.15) is 31.2 Å². The molecule has 1 saturated carbocycles. The van der Waals surface area contributed by atoms with E-state index in [-0.39, 0.29) is 11.8 Å². The molecule has 0 saturated heterocycles. The van der Waals surface area contributed by atoms with Crippen LogP contribution in [0, 0.1) is 12.8 Å². The van der Waals surface area contributed by atoms with Crippen LogP contribution in [0.3, 0.4) is 0 Å². The summed E-state index contributed by atoms with van der Waals surface area (Å²) >= 11 is 0. The Morgan fingerprint density at radius 1 is 1.20 bits per heavy atom. The molecule has 1 aromatic carbocycles. The zero-order valence-corrected chi connectivity index (χ0v) is 12.4. The van der Waals surface area contributed by atoms with Crippen LogP contribution in [0.5, 0.6) is 5.75 Å². The number of aryl methyl sites for hydroxylation is 1. The fraction of sp³-hybridized carbons (Fsp3) is 0.562. The van der Waals surface area contributed by atoms with Gasteiger partial charge < -0.3 is 14.8 Å². The van der Waals surface area contributed by atoms with Gasteiger partial charge in [-0.2, -0.15) is 0 Å². The predicted molar refractivity (Wildman–Crippen MR) is 79.1 cm³/mol. The lowest BCUT2D eigenvalue weighted by Crippen LogP contribution is -2.29. The molecule has 0 aromatic heterocycles. The van der Waals surface area contributed by atoms with Crippen molar-refractivity contribution in [2.24, 2.45) is 5.92 Å². The highest BCUT2D eigenvalue weighted by atomic mass is 16.5. The Kier molecular flexibility index (Phi) is 5.01. The molecule has 0 unspecified atom stereocenters. The van der Waals surface area contributed by atoms with Crippen molar-refractivity contribution in [3.05, 3.63) is 23.8 Å². The third-order valence-corrected chi connectivity index (χ3v) is 3.99. The summed E-state index contributed by atoms with van der Waals surface area (Å²) in [5.74, 6) is 0.865. The fourth-order valence-corrected chi connectivity index (χ4v) is 2.72. The monoisotopic (exact) mass is 277 g/mol. The molecule has 1 N–H and O–H groups in total. The van der Waals surface area contributed by atoms with Gasteiger partial charge in [0, 0.05) is 13.0 Å². The molecule has 1 fully saturated rings. The summed E-state index contributed by atoms with van der Waals surface area (Å²) in [4.78, 5) is 12.3. The molecule has 0 radical (unpaired) electrons. The van der Waals surface area contributed by atoms with Gasteiger partial charge in [-0.15, -0.1) is 0 Å². The van der Waals surface area contributed by atoms with Gasteiger partial charge in [0.15, 0.2) is 0 Å². The molecule has 1 aliphatic carbocycles. The Morgan fingerprint density at radius 2 is 1.90 bits per heavy atom. The van der Waals surface area contributed by atoms with E-state index in [0.717, 1.165) is 36.9 Å². The van der Waals surface area contributed by atoms with E-state index in [1.807, 2.05) is 25.1 Å². The zero-order valence-electron chi connectivity index (χ0n) is 12.4. The number of carbonyl (C=O) groups is 1. The highest BCUT2D eigenvalue weighted by Gasteiger charge is 2.26. The minimum atomic E-state index is 0.0756. The molecule has 0 atom stereocenters. The van der Waals surface area contributed by atoms with Crippen LogP contribution >= 0.6 is 0 Å². The lowest BCUT2D eigenvalue weighted by atomic mass is 9.86. The second-order valence-electron chi connectivity index (χ2n) is 5.40. The number of amides is 1. The number of hydrogen-bond acceptors (Lipinski definition) is 3. The van der Waals surface area contributed by atoms with Gasteiger partial charge in [0.25, 0.3) is 0 Å². The number of benzene rings is 1. The van der Waals surface area contributed by atoms with Crippen LogP contribution in [0.15, 0.2) is 18.2 Å². The Labute approximate surface area is 120 Å². The van der Waals surface area contributed by atoms with Crippen molar-refractivity contribution in [3.8, 4) is 5.75 Å². The van der Waals surface area contributed by atoms with Gasteiger partial charge in [0.05, 0.1) is 18.9 Å². The minimum absolute atomic E-state index is 0.0756. The summed E-state index contributed by atoms with van der Waals surface area (Å²) in [5.41, 5.74) is 1.86. The smallest absolute Gasteiger partial charge is 0.227 e. The van der Waals surface area contributed by atoms with Crippen LogP contribution in [0.25, 0.3) is 0 Å². The van der Waals surface area contributed by atoms with Crippen LogP contribution in [-0.4, -0.2) is 26.2 Å². The SMILES string of the molecule is COc1ccc(C)cc1NC(=O)C1CCC(OC)CC1. The fourth-order valence-electron chi connectivity index (χ4n) is 2.72. The van der Waals surface area contributed by atoms with Gasteiger partial charge >= 0.3 is 0 Å². The largest absolute Gasteiger partial charge is 0.495 e. The highest BCUT2D eigenvalue weighted by Crippen LogP contribution is 2.29. The number of carbonyl (C=O) groups excluding carboxylic acids is 1. The third-order valence-electron chi connectivity index (χ3n) is 3.99. The summed E-state index contributed by atoms with van der Waals surface area (Å²) in [6.45, 7) is 2.00. The Bertz CT molecular complexity index is 465. The Balaban J connectivity index is 1.99. The first kappa shape index (κ1) is 14.9. The number of ether oxygens (including phenoxy) is 2. The molecule has 0 spiro atoms. The van der Waals surface area contributed by atoms with Crippen molar-refractivity contribution in [2.75, 3.05) is 19.5 Å². The van der Waals surface area contributed by atoms with E-state index in [2.05, 4.69) is 5.32 Å². The number of methoxy groups -OCH3 is 2. The molecule has 2 rings (SSSR count).